The van der Waals surface area contributed by atoms with E-state index in [1.165, 1.54) is 12.3 Å². The van der Waals surface area contributed by atoms with Gasteiger partial charge in [-0.05, 0) is 37.8 Å². The number of rotatable bonds is 3. The molecule has 2 saturated heterocycles. The average molecular weight is 410 g/mol. The van der Waals surface area contributed by atoms with Crippen molar-refractivity contribution in [2.45, 2.75) is 31.9 Å². The lowest BCUT2D eigenvalue weighted by molar-refractivity contribution is -0.142. The number of carbonyl (C=O) groups excluding carboxylic acids is 2. The summed E-state index contributed by atoms with van der Waals surface area (Å²) in [5.74, 6) is -0.117. The number of alkyl halides is 3. The van der Waals surface area contributed by atoms with Crippen LogP contribution in [0.15, 0.2) is 18.3 Å². The molecule has 1 aromatic heterocycles. The summed E-state index contributed by atoms with van der Waals surface area (Å²) in [7, 11) is 0. The Morgan fingerprint density at radius 2 is 1.55 bits per heavy atom. The number of piperidine rings is 1. The predicted molar refractivity (Wildman–Crippen MR) is 100 cm³/mol. The normalized spacial score (nSPS) is 23.3. The summed E-state index contributed by atoms with van der Waals surface area (Å²) < 4.78 is 40.0. The van der Waals surface area contributed by atoms with Gasteiger partial charge in [0, 0.05) is 51.4 Å². The van der Waals surface area contributed by atoms with Crippen molar-refractivity contribution >= 4 is 17.6 Å². The largest absolute Gasteiger partial charge is 0.419 e. The third-order valence-corrected chi connectivity index (χ3v) is 5.99. The SMILES string of the molecule is O=C(C1CC1)N1CCN(C(=O)[C@H]2CCCN(c3ncccc3C(F)(F)F)C2)CC1. The van der Waals surface area contributed by atoms with Crippen LogP contribution in [0.25, 0.3) is 0 Å². The molecule has 1 saturated carbocycles. The van der Waals surface area contributed by atoms with Gasteiger partial charge in [0.2, 0.25) is 11.8 Å². The molecule has 1 atom stereocenters. The molecule has 0 spiro atoms. The van der Waals surface area contributed by atoms with Crippen LogP contribution in [0, 0.1) is 11.8 Å². The van der Waals surface area contributed by atoms with E-state index in [0.29, 0.717) is 45.6 Å². The molecule has 0 aromatic carbocycles. The van der Waals surface area contributed by atoms with E-state index < -0.39 is 11.7 Å². The Bertz CT molecular complexity index is 773. The number of piperazine rings is 1. The lowest BCUT2D eigenvalue weighted by atomic mass is 9.95. The lowest BCUT2D eigenvalue weighted by Gasteiger charge is -2.39. The first-order valence-corrected chi connectivity index (χ1v) is 10.2. The van der Waals surface area contributed by atoms with E-state index in [0.717, 1.165) is 18.9 Å². The number of hydrogen-bond donors (Lipinski definition) is 0. The fourth-order valence-electron chi connectivity index (χ4n) is 4.24. The fourth-order valence-corrected chi connectivity index (χ4v) is 4.24. The summed E-state index contributed by atoms with van der Waals surface area (Å²) in [4.78, 5) is 34.3. The first kappa shape index (κ1) is 20.0. The van der Waals surface area contributed by atoms with Gasteiger partial charge in [-0.25, -0.2) is 4.98 Å². The van der Waals surface area contributed by atoms with Crippen molar-refractivity contribution in [3.63, 3.8) is 0 Å². The summed E-state index contributed by atoms with van der Waals surface area (Å²) in [5, 5.41) is 0. The Labute approximate surface area is 167 Å². The standard InChI is InChI=1S/C20H25F3N4O2/c21-20(22,23)16-4-1-7-24-17(16)27-8-2-3-15(13-27)19(29)26-11-9-25(10-12-26)18(28)14-5-6-14/h1,4,7,14-15H,2-3,5-6,8-13H2/t15-/m0/s1. The van der Waals surface area contributed by atoms with Crippen LogP contribution in [-0.4, -0.2) is 65.9 Å². The third kappa shape index (κ3) is 4.33. The molecule has 2 amide bonds. The van der Waals surface area contributed by atoms with Crippen molar-refractivity contribution in [3.05, 3.63) is 23.9 Å². The van der Waals surface area contributed by atoms with Gasteiger partial charge >= 0.3 is 6.18 Å². The summed E-state index contributed by atoms with van der Waals surface area (Å²) in [6.07, 6.45) is 0.0961. The molecule has 0 bridgehead atoms. The van der Waals surface area contributed by atoms with Crippen LogP contribution in [0.5, 0.6) is 0 Å². The number of aromatic nitrogens is 1. The molecule has 1 aliphatic carbocycles. The Morgan fingerprint density at radius 1 is 0.931 bits per heavy atom. The van der Waals surface area contributed by atoms with Crippen LogP contribution in [0.2, 0.25) is 0 Å². The smallest absolute Gasteiger partial charge is 0.355 e. The zero-order chi connectivity index (χ0) is 20.6. The Kier molecular flexibility index (Phi) is 5.40. The first-order valence-electron chi connectivity index (χ1n) is 10.2. The molecular formula is C20H25F3N4O2. The molecule has 0 unspecified atom stereocenters. The highest BCUT2D eigenvalue weighted by atomic mass is 19.4. The van der Waals surface area contributed by atoms with Crippen LogP contribution < -0.4 is 4.90 Å². The molecule has 0 radical (unpaired) electrons. The predicted octanol–water partition coefficient (Wildman–Crippen LogP) is 2.40. The maximum absolute atomic E-state index is 13.3. The number of carbonyl (C=O) groups is 2. The molecular weight excluding hydrogens is 385 g/mol. The van der Waals surface area contributed by atoms with Gasteiger partial charge in [0.05, 0.1) is 11.5 Å². The van der Waals surface area contributed by atoms with E-state index >= 15 is 0 Å². The Morgan fingerprint density at radius 3 is 2.14 bits per heavy atom. The van der Waals surface area contributed by atoms with Gasteiger partial charge in [-0.15, -0.1) is 0 Å². The van der Waals surface area contributed by atoms with Crippen LogP contribution in [-0.2, 0) is 15.8 Å². The second-order valence-corrected chi connectivity index (χ2v) is 8.08. The van der Waals surface area contributed by atoms with Gasteiger partial charge in [0.25, 0.3) is 0 Å². The van der Waals surface area contributed by atoms with Crippen molar-refractivity contribution in [1.29, 1.82) is 0 Å². The van der Waals surface area contributed by atoms with E-state index in [-0.39, 0.29) is 36.0 Å². The number of halogens is 3. The van der Waals surface area contributed by atoms with Crippen LogP contribution in [0.3, 0.4) is 0 Å². The van der Waals surface area contributed by atoms with Gasteiger partial charge in [-0.1, -0.05) is 0 Å². The van der Waals surface area contributed by atoms with Crippen LogP contribution in [0.1, 0.15) is 31.2 Å². The van der Waals surface area contributed by atoms with Gasteiger partial charge in [0.1, 0.15) is 5.82 Å². The molecule has 6 nitrogen and oxygen atoms in total. The summed E-state index contributed by atoms with van der Waals surface area (Å²) in [6.45, 7) is 2.75. The van der Waals surface area contributed by atoms with Crippen molar-refractivity contribution in [2.24, 2.45) is 11.8 Å². The highest BCUT2D eigenvalue weighted by molar-refractivity contribution is 5.82. The van der Waals surface area contributed by atoms with Crippen molar-refractivity contribution < 1.29 is 22.8 Å². The molecule has 0 N–H and O–H groups in total. The molecule has 4 rings (SSSR count). The molecule has 3 aliphatic rings. The van der Waals surface area contributed by atoms with Gasteiger partial charge < -0.3 is 14.7 Å². The monoisotopic (exact) mass is 410 g/mol. The third-order valence-electron chi connectivity index (χ3n) is 5.99. The Balaban J connectivity index is 1.39. The lowest BCUT2D eigenvalue weighted by Crippen LogP contribution is -2.54. The second kappa shape index (κ2) is 7.84. The molecule has 158 valence electrons. The average Bonchev–Trinajstić information content (AvgIpc) is 3.58. The molecule has 9 heteroatoms. The van der Waals surface area contributed by atoms with Crippen LogP contribution >= 0.6 is 0 Å². The molecule has 3 fully saturated rings. The quantitative estimate of drug-likeness (QED) is 0.768. The summed E-state index contributed by atoms with van der Waals surface area (Å²) in [6, 6.07) is 2.31. The number of amides is 2. The zero-order valence-electron chi connectivity index (χ0n) is 16.2. The van der Waals surface area contributed by atoms with Crippen LogP contribution in [0.4, 0.5) is 19.0 Å². The highest BCUT2D eigenvalue weighted by Crippen LogP contribution is 2.36. The molecule has 3 heterocycles. The number of nitrogens with zero attached hydrogens (tertiary/aromatic N) is 4. The van der Waals surface area contributed by atoms with E-state index in [1.54, 1.807) is 9.80 Å². The Hall–Kier alpha value is -2.32. The second-order valence-electron chi connectivity index (χ2n) is 8.08. The maximum Gasteiger partial charge on any atom is 0.419 e. The maximum atomic E-state index is 13.3. The minimum Gasteiger partial charge on any atom is -0.355 e. The van der Waals surface area contributed by atoms with E-state index in [4.69, 9.17) is 0 Å². The van der Waals surface area contributed by atoms with E-state index in [9.17, 15) is 22.8 Å². The van der Waals surface area contributed by atoms with E-state index in [2.05, 4.69) is 4.98 Å². The number of anilines is 1. The summed E-state index contributed by atoms with van der Waals surface area (Å²) in [5.41, 5.74) is -0.764. The first-order chi connectivity index (χ1) is 13.8. The molecule has 1 aromatic rings. The topological polar surface area (TPSA) is 56.8 Å². The van der Waals surface area contributed by atoms with Gasteiger partial charge in [-0.3, -0.25) is 9.59 Å². The molecule has 2 aliphatic heterocycles. The zero-order valence-corrected chi connectivity index (χ0v) is 16.2. The fraction of sp³-hybridized carbons (Fsp3) is 0.650. The van der Waals surface area contributed by atoms with Crippen molar-refractivity contribution in [1.82, 2.24) is 14.8 Å². The van der Waals surface area contributed by atoms with Crippen molar-refractivity contribution in [3.8, 4) is 0 Å². The van der Waals surface area contributed by atoms with Crippen molar-refractivity contribution in [2.75, 3.05) is 44.2 Å². The summed E-state index contributed by atoms with van der Waals surface area (Å²) >= 11 is 0. The van der Waals surface area contributed by atoms with Gasteiger partial charge in [0.15, 0.2) is 0 Å². The minimum atomic E-state index is -4.48. The number of hydrogen-bond acceptors (Lipinski definition) is 4. The van der Waals surface area contributed by atoms with Gasteiger partial charge in [-0.2, -0.15) is 13.2 Å². The highest BCUT2D eigenvalue weighted by Gasteiger charge is 2.39. The minimum absolute atomic E-state index is 0.0299. The molecule has 29 heavy (non-hydrogen) atoms. The number of pyridine rings is 1. The van der Waals surface area contributed by atoms with E-state index in [1.807, 2.05) is 4.90 Å².